The monoisotopic (exact) mass is 372 g/mol. The van der Waals surface area contributed by atoms with Crippen molar-refractivity contribution in [3.63, 3.8) is 0 Å². The Balaban J connectivity index is 1.50. The molecule has 1 aliphatic rings. The number of benzene rings is 1. The minimum Gasteiger partial charge on any atom is -0.384 e. The van der Waals surface area contributed by atoms with Crippen LogP contribution < -0.4 is 5.73 Å². The molecule has 0 atom stereocenters. The van der Waals surface area contributed by atoms with E-state index in [1.54, 1.807) is 18.2 Å². The van der Waals surface area contributed by atoms with Gasteiger partial charge in [0.2, 0.25) is 0 Å². The average Bonchev–Trinajstić information content (AvgIpc) is 2.64. The summed E-state index contributed by atoms with van der Waals surface area (Å²) in [5.41, 5.74) is 8.25. The number of nitrogens with zero attached hydrogens (tertiary/aromatic N) is 3. The van der Waals surface area contributed by atoms with Crippen LogP contribution in [0.5, 0.6) is 0 Å². The Morgan fingerprint density at radius 1 is 1.07 bits per heavy atom. The van der Waals surface area contributed by atoms with E-state index >= 15 is 0 Å². The number of nitrogens with two attached hydrogens (primary N) is 1. The third-order valence-corrected chi connectivity index (χ3v) is 4.95. The predicted molar refractivity (Wildman–Crippen MR) is 98.1 cm³/mol. The molecule has 0 amide bonds. The SMILES string of the molecule is Nc1ccc2cc3c(nc2n1)CCN(CCc1ccccc1C(F)(F)F)C3. The van der Waals surface area contributed by atoms with Gasteiger partial charge >= 0.3 is 6.18 Å². The van der Waals surface area contributed by atoms with E-state index in [2.05, 4.69) is 20.9 Å². The molecule has 2 N–H and O–H groups in total. The summed E-state index contributed by atoms with van der Waals surface area (Å²) in [5, 5.41) is 0.923. The number of hydrogen-bond donors (Lipinski definition) is 1. The zero-order valence-electron chi connectivity index (χ0n) is 14.6. The van der Waals surface area contributed by atoms with E-state index in [1.165, 1.54) is 6.07 Å². The lowest BCUT2D eigenvalue weighted by Crippen LogP contribution is -2.33. The smallest absolute Gasteiger partial charge is 0.384 e. The highest BCUT2D eigenvalue weighted by Crippen LogP contribution is 2.32. The van der Waals surface area contributed by atoms with Gasteiger partial charge in [0, 0.05) is 37.1 Å². The standard InChI is InChI=1S/C20H19F3N4/c21-20(22,23)16-4-2-1-3-13(16)7-9-27-10-8-17-15(12-27)11-14-5-6-18(24)26-19(14)25-17/h1-6,11H,7-10,12H2,(H2,24,25,26). The van der Waals surface area contributed by atoms with E-state index in [0.717, 1.165) is 35.7 Å². The molecule has 0 aliphatic carbocycles. The van der Waals surface area contributed by atoms with E-state index in [0.29, 0.717) is 36.5 Å². The van der Waals surface area contributed by atoms with Crippen LogP contribution in [0, 0.1) is 0 Å². The normalized spacial score (nSPS) is 15.1. The Labute approximate surface area is 154 Å². The van der Waals surface area contributed by atoms with Crippen molar-refractivity contribution < 1.29 is 13.2 Å². The number of aromatic nitrogens is 2. The van der Waals surface area contributed by atoms with Gasteiger partial charge in [0.25, 0.3) is 0 Å². The second-order valence-corrected chi connectivity index (χ2v) is 6.81. The van der Waals surface area contributed by atoms with Gasteiger partial charge in [-0.05, 0) is 41.8 Å². The first-order chi connectivity index (χ1) is 12.9. The fourth-order valence-electron chi connectivity index (χ4n) is 3.57. The molecular weight excluding hydrogens is 353 g/mol. The average molecular weight is 372 g/mol. The van der Waals surface area contributed by atoms with Gasteiger partial charge in [-0.3, -0.25) is 4.90 Å². The highest BCUT2D eigenvalue weighted by atomic mass is 19.4. The van der Waals surface area contributed by atoms with Crippen LogP contribution in [0.1, 0.15) is 22.4 Å². The molecule has 4 nitrogen and oxygen atoms in total. The van der Waals surface area contributed by atoms with Gasteiger partial charge in [-0.2, -0.15) is 13.2 Å². The third kappa shape index (κ3) is 3.73. The van der Waals surface area contributed by atoms with Crippen LogP contribution >= 0.6 is 0 Å². The number of rotatable bonds is 3. The maximum atomic E-state index is 13.2. The topological polar surface area (TPSA) is 55.0 Å². The molecule has 0 unspecified atom stereocenters. The van der Waals surface area contributed by atoms with Crippen molar-refractivity contribution in [3.8, 4) is 0 Å². The summed E-state index contributed by atoms with van der Waals surface area (Å²) in [6.07, 6.45) is -3.20. The minimum absolute atomic E-state index is 0.340. The molecule has 0 bridgehead atoms. The molecule has 0 radical (unpaired) electrons. The molecule has 0 saturated heterocycles. The lowest BCUT2D eigenvalue weighted by atomic mass is 10.0. The number of fused-ring (bicyclic) bond motifs is 2. The number of pyridine rings is 2. The van der Waals surface area contributed by atoms with Gasteiger partial charge in [0.1, 0.15) is 5.82 Å². The largest absolute Gasteiger partial charge is 0.416 e. The first-order valence-electron chi connectivity index (χ1n) is 8.82. The molecule has 2 aromatic heterocycles. The van der Waals surface area contributed by atoms with Crippen molar-refractivity contribution in [1.82, 2.24) is 14.9 Å². The maximum Gasteiger partial charge on any atom is 0.416 e. The fraction of sp³-hybridized carbons (Fsp3) is 0.300. The van der Waals surface area contributed by atoms with Crippen LogP contribution in [-0.2, 0) is 25.6 Å². The Morgan fingerprint density at radius 3 is 2.70 bits per heavy atom. The number of anilines is 1. The van der Waals surface area contributed by atoms with Crippen LogP contribution in [0.25, 0.3) is 11.0 Å². The zero-order valence-corrected chi connectivity index (χ0v) is 14.6. The van der Waals surface area contributed by atoms with Crippen molar-refractivity contribution in [2.24, 2.45) is 0 Å². The Morgan fingerprint density at radius 2 is 1.89 bits per heavy atom. The van der Waals surface area contributed by atoms with E-state index < -0.39 is 11.7 Å². The molecule has 7 heteroatoms. The van der Waals surface area contributed by atoms with Crippen molar-refractivity contribution >= 4 is 16.9 Å². The first-order valence-corrected chi connectivity index (χ1v) is 8.82. The van der Waals surface area contributed by atoms with Gasteiger partial charge in [0.15, 0.2) is 5.65 Å². The summed E-state index contributed by atoms with van der Waals surface area (Å²) < 4.78 is 39.5. The molecule has 1 aromatic carbocycles. The third-order valence-electron chi connectivity index (χ3n) is 4.95. The number of hydrogen-bond acceptors (Lipinski definition) is 4. The minimum atomic E-state index is -4.32. The van der Waals surface area contributed by atoms with Crippen LogP contribution in [0.2, 0.25) is 0 Å². The summed E-state index contributed by atoms with van der Waals surface area (Å²) in [5.74, 6) is 0.440. The van der Waals surface area contributed by atoms with Gasteiger partial charge in [0.05, 0.1) is 5.56 Å². The van der Waals surface area contributed by atoms with Gasteiger partial charge in [-0.25, -0.2) is 9.97 Å². The molecule has 4 rings (SSSR count). The van der Waals surface area contributed by atoms with Crippen molar-refractivity contribution in [1.29, 1.82) is 0 Å². The lowest BCUT2D eigenvalue weighted by Gasteiger charge is -2.28. The zero-order chi connectivity index (χ0) is 19.0. The summed E-state index contributed by atoms with van der Waals surface area (Å²) in [6.45, 7) is 2.02. The van der Waals surface area contributed by atoms with Crippen LogP contribution in [-0.4, -0.2) is 28.0 Å². The molecule has 0 saturated carbocycles. The molecule has 1 aliphatic heterocycles. The molecule has 0 spiro atoms. The lowest BCUT2D eigenvalue weighted by molar-refractivity contribution is -0.138. The molecule has 140 valence electrons. The number of nitrogen functional groups attached to an aromatic ring is 1. The quantitative estimate of drug-likeness (QED) is 0.759. The molecule has 3 aromatic rings. The molecular formula is C20H19F3N4. The summed E-state index contributed by atoms with van der Waals surface area (Å²) in [4.78, 5) is 11.0. The van der Waals surface area contributed by atoms with E-state index in [9.17, 15) is 13.2 Å². The molecule has 0 fully saturated rings. The predicted octanol–water partition coefficient (Wildman–Crippen LogP) is 3.83. The molecule has 3 heterocycles. The number of halogens is 3. The van der Waals surface area contributed by atoms with Crippen LogP contribution in [0.4, 0.5) is 19.0 Å². The van der Waals surface area contributed by atoms with Gasteiger partial charge in [-0.1, -0.05) is 18.2 Å². The summed E-state index contributed by atoms with van der Waals surface area (Å²) >= 11 is 0. The fourth-order valence-corrected chi connectivity index (χ4v) is 3.57. The van der Waals surface area contributed by atoms with Crippen molar-refractivity contribution in [2.75, 3.05) is 18.8 Å². The molecule has 27 heavy (non-hydrogen) atoms. The van der Waals surface area contributed by atoms with E-state index in [4.69, 9.17) is 5.73 Å². The Bertz CT molecular complexity index is 985. The first kappa shape index (κ1) is 17.7. The number of alkyl halides is 3. The maximum absolute atomic E-state index is 13.2. The van der Waals surface area contributed by atoms with Crippen molar-refractivity contribution in [2.45, 2.75) is 25.6 Å². The van der Waals surface area contributed by atoms with Gasteiger partial charge in [-0.15, -0.1) is 0 Å². The van der Waals surface area contributed by atoms with Crippen LogP contribution in [0.15, 0.2) is 42.5 Å². The van der Waals surface area contributed by atoms with Crippen molar-refractivity contribution in [3.05, 3.63) is 64.8 Å². The Kier molecular flexibility index (Phi) is 4.47. The second kappa shape index (κ2) is 6.81. The van der Waals surface area contributed by atoms with E-state index in [-0.39, 0.29) is 0 Å². The van der Waals surface area contributed by atoms with Crippen LogP contribution in [0.3, 0.4) is 0 Å². The van der Waals surface area contributed by atoms with Gasteiger partial charge < -0.3 is 5.73 Å². The second-order valence-electron chi connectivity index (χ2n) is 6.81. The Hall–Kier alpha value is -2.67. The summed E-state index contributed by atoms with van der Waals surface area (Å²) in [6, 6.07) is 11.5. The highest BCUT2D eigenvalue weighted by Gasteiger charge is 2.32. The van der Waals surface area contributed by atoms with E-state index in [1.807, 2.05) is 6.07 Å². The highest BCUT2D eigenvalue weighted by molar-refractivity contribution is 5.77. The summed E-state index contributed by atoms with van der Waals surface area (Å²) in [7, 11) is 0.